The molecule has 0 aromatic heterocycles. The maximum Gasteiger partial charge on any atom is 0.123 e. The van der Waals surface area contributed by atoms with Crippen molar-refractivity contribution in [1.82, 2.24) is 5.32 Å². The van der Waals surface area contributed by atoms with Crippen molar-refractivity contribution in [2.45, 2.75) is 50.7 Å². The molecule has 0 heterocycles. The van der Waals surface area contributed by atoms with Crippen LogP contribution in [0.4, 0.5) is 0 Å². The van der Waals surface area contributed by atoms with E-state index in [4.69, 9.17) is 4.74 Å². The van der Waals surface area contributed by atoms with Gasteiger partial charge in [-0.05, 0) is 25.8 Å². The zero-order chi connectivity index (χ0) is 13.7. The molecule has 1 unspecified atom stereocenters. The molecule has 0 amide bonds. The summed E-state index contributed by atoms with van der Waals surface area (Å²) in [7, 11) is 1.69. The molecule has 0 radical (unpaired) electrons. The number of nitrogens with one attached hydrogen (secondary N) is 1. The quantitative estimate of drug-likeness (QED) is 0.858. The molecular formula is C16H25NO2. The summed E-state index contributed by atoms with van der Waals surface area (Å²) in [5, 5.41) is 14.0. The summed E-state index contributed by atoms with van der Waals surface area (Å²) < 4.78 is 5.38. The molecule has 0 bridgehead atoms. The van der Waals surface area contributed by atoms with Crippen molar-refractivity contribution < 1.29 is 9.84 Å². The third-order valence-corrected chi connectivity index (χ3v) is 4.13. The number of aliphatic hydroxyl groups is 1. The van der Waals surface area contributed by atoms with Crippen LogP contribution in [-0.4, -0.2) is 24.4 Å². The van der Waals surface area contributed by atoms with Crippen LogP contribution in [0.15, 0.2) is 24.3 Å². The third kappa shape index (κ3) is 3.71. The zero-order valence-corrected chi connectivity index (χ0v) is 12.0. The molecule has 0 spiro atoms. The van der Waals surface area contributed by atoms with E-state index in [0.29, 0.717) is 6.54 Å². The first-order valence-corrected chi connectivity index (χ1v) is 7.23. The van der Waals surface area contributed by atoms with Gasteiger partial charge in [0.1, 0.15) is 5.75 Å². The Kier molecular flexibility index (Phi) is 4.83. The summed E-state index contributed by atoms with van der Waals surface area (Å²) in [6.07, 6.45) is 5.37. The van der Waals surface area contributed by atoms with E-state index in [1.165, 1.54) is 6.42 Å². The molecule has 1 aromatic carbocycles. The second-order valence-corrected chi connectivity index (χ2v) is 5.63. The summed E-state index contributed by atoms with van der Waals surface area (Å²) in [5.74, 6) is 0.901. The lowest BCUT2D eigenvalue weighted by molar-refractivity contribution is 0.00295. The van der Waals surface area contributed by atoms with Gasteiger partial charge in [0.15, 0.2) is 0 Å². The van der Waals surface area contributed by atoms with Crippen molar-refractivity contribution in [3.63, 3.8) is 0 Å². The Morgan fingerprint density at radius 3 is 2.63 bits per heavy atom. The van der Waals surface area contributed by atoms with Crippen LogP contribution in [0.5, 0.6) is 5.75 Å². The largest absolute Gasteiger partial charge is 0.496 e. The zero-order valence-electron chi connectivity index (χ0n) is 12.0. The molecule has 106 valence electrons. The van der Waals surface area contributed by atoms with Gasteiger partial charge in [0, 0.05) is 18.2 Å². The van der Waals surface area contributed by atoms with Crippen LogP contribution in [0.3, 0.4) is 0 Å². The van der Waals surface area contributed by atoms with Crippen molar-refractivity contribution in [2.75, 3.05) is 13.7 Å². The van der Waals surface area contributed by atoms with Crippen LogP contribution in [0.2, 0.25) is 0 Å². The van der Waals surface area contributed by atoms with Crippen LogP contribution in [0, 0.1) is 0 Å². The second kappa shape index (κ2) is 6.40. The van der Waals surface area contributed by atoms with Crippen molar-refractivity contribution in [3.8, 4) is 5.75 Å². The summed E-state index contributed by atoms with van der Waals surface area (Å²) >= 11 is 0. The van der Waals surface area contributed by atoms with E-state index in [1.807, 2.05) is 18.2 Å². The predicted octanol–water partition coefficient (Wildman–Crippen LogP) is 3.04. The predicted molar refractivity (Wildman–Crippen MR) is 77.4 cm³/mol. The first-order chi connectivity index (χ1) is 9.14. The summed E-state index contributed by atoms with van der Waals surface area (Å²) in [4.78, 5) is 0. The number of benzene rings is 1. The van der Waals surface area contributed by atoms with Crippen LogP contribution < -0.4 is 10.1 Å². The number of hydrogen-bond donors (Lipinski definition) is 2. The van der Waals surface area contributed by atoms with E-state index >= 15 is 0 Å². The van der Waals surface area contributed by atoms with Crippen molar-refractivity contribution in [3.05, 3.63) is 29.8 Å². The SMILES string of the molecule is COc1ccccc1C(C)NCC1(O)CCCCC1. The maximum atomic E-state index is 10.5. The highest BCUT2D eigenvalue weighted by molar-refractivity contribution is 5.35. The Morgan fingerprint density at radius 2 is 1.95 bits per heavy atom. The summed E-state index contributed by atoms with van der Waals surface area (Å²) in [5.41, 5.74) is 0.624. The second-order valence-electron chi connectivity index (χ2n) is 5.63. The first-order valence-electron chi connectivity index (χ1n) is 7.23. The lowest BCUT2D eigenvalue weighted by Crippen LogP contribution is -2.42. The Labute approximate surface area is 116 Å². The first kappa shape index (κ1) is 14.4. The van der Waals surface area contributed by atoms with Crippen LogP contribution in [0.25, 0.3) is 0 Å². The third-order valence-electron chi connectivity index (χ3n) is 4.13. The van der Waals surface area contributed by atoms with E-state index in [-0.39, 0.29) is 6.04 Å². The van der Waals surface area contributed by atoms with E-state index in [1.54, 1.807) is 7.11 Å². The van der Waals surface area contributed by atoms with Gasteiger partial charge < -0.3 is 15.2 Å². The minimum atomic E-state index is -0.519. The van der Waals surface area contributed by atoms with Crippen molar-refractivity contribution >= 4 is 0 Å². The molecule has 1 atom stereocenters. The summed E-state index contributed by atoms with van der Waals surface area (Å²) in [6, 6.07) is 8.22. The standard InChI is InChI=1S/C16H25NO2/c1-13(14-8-4-5-9-15(14)19-2)17-12-16(18)10-6-3-7-11-16/h4-5,8-9,13,17-18H,3,6-7,10-12H2,1-2H3. The van der Waals surface area contributed by atoms with E-state index in [2.05, 4.69) is 18.3 Å². The molecular weight excluding hydrogens is 238 g/mol. The van der Waals surface area contributed by atoms with Gasteiger partial charge in [-0.1, -0.05) is 37.5 Å². The molecule has 1 aliphatic rings. The minimum absolute atomic E-state index is 0.183. The van der Waals surface area contributed by atoms with Gasteiger partial charge in [-0.2, -0.15) is 0 Å². The Morgan fingerprint density at radius 1 is 1.26 bits per heavy atom. The molecule has 19 heavy (non-hydrogen) atoms. The number of para-hydroxylation sites is 1. The highest BCUT2D eigenvalue weighted by Gasteiger charge is 2.29. The highest BCUT2D eigenvalue weighted by Crippen LogP contribution is 2.29. The van der Waals surface area contributed by atoms with E-state index in [9.17, 15) is 5.11 Å². The smallest absolute Gasteiger partial charge is 0.123 e. The number of methoxy groups -OCH3 is 1. The highest BCUT2D eigenvalue weighted by atomic mass is 16.5. The fourth-order valence-electron chi connectivity index (χ4n) is 2.86. The number of ether oxygens (including phenoxy) is 1. The molecule has 0 aliphatic heterocycles. The van der Waals surface area contributed by atoms with Gasteiger partial charge in [0.2, 0.25) is 0 Å². The van der Waals surface area contributed by atoms with Crippen LogP contribution in [0.1, 0.15) is 50.6 Å². The van der Waals surface area contributed by atoms with Gasteiger partial charge in [-0.15, -0.1) is 0 Å². The molecule has 1 saturated carbocycles. The lowest BCUT2D eigenvalue weighted by atomic mass is 9.84. The Balaban J connectivity index is 1.95. The fourth-order valence-corrected chi connectivity index (χ4v) is 2.86. The number of hydrogen-bond acceptors (Lipinski definition) is 3. The van der Waals surface area contributed by atoms with Gasteiger partial charge in [-0.3, -0.25) is 0 Å². The Bertz CT molecular complexity index is 399. The van der Waals surface area contributed by atoms with Gasteiger partial charge in [0.05, 0.1) is 12.7 Å². The molecule has 1 fully saturated rings. The molecule has 2 N–H and O–H groups in total. The van der Waals surface area contributed by atoms with Crippen LogP contribution in [-0.2, 0) is 0 Å². The molecule has 3 nitrogen and oxygen atoms in total. The van der Waals surface area contributed by atoms with Gasteiger partial charge in [-0.25, -0.2) is 0 Å². The van der Waals surface area contributed by atoms with Gasteiger partial charge in [0.25, 0.3) is 0 Å². The Hall–Kier alpha value is -1.06. The normalized spacial score (nSPS) is 19.9. The number of rotatable bonds is 5. The topological polar surface area (TPSA) is 41.5 Å². The van der Waals surface area contributed by atoms with E-state index in [0.717, 1.165) is 37.0 Å². The molecule has 3 heteroatoms. The molecule has 1 aliphatic carbocycles. The molecule has 0 saturated heterocycles. The maximum absolute atomic E-state index is 10.5. The molecule has 2 rings (SSSR count). The lowest BCUT2D eigenvalue weighted by Gasteiger charge is -2.33. The average Bonchev–Trinajstić information content (AvgIpc) is 2.45. The monoisotopic (exact) mass is 263 g/mol. The van der Waals surface area contributed by atoms with Crippen LogP contribution >= 0.6 is 0 Å². The van der Waals surface area contributed by atoms with E-state index < -0.39 is 5.60 Å². The average molecular weight is 263 g/mol. The van der Waals surface area contributed by atoms with Crippen molar-refractivity contribution in [1.29, 1.82) is 0 Å². The fraction of sp³-hybridized carbons (Fsp3) is 0.625. The minimum Gasteiger partial charge on any atom is -0.496 e. The van der Waals surface area contributed by atoms with Gasteiger partial charge >= 0.3 is 0 Å². The summed E-state index contributed by atoms with van der Waals surface area (Å²) in [6.45, 7) is 2.77. The van der Waals surface area contributed by atoms with Crippen molar-refractivity contribution in [2.24, 2.45) is 0 Å². The molecule has 1 aromatic rings.